The maximum atomic E-state index is 5.10. The highest BCUT2D eigenvalue weighted by Gasteiger charge is 2.21. The van der Waals surface area contributed by atoms with E-state index in [0.717, 1.165) is 5.76 Å². The first-order valence-corrected chi connectivity index (χ1v) is 2.76. The van der Waals surface area contributed by atoms with E-state index in [1.54, 1.807) is 0 Å². The Labute approximate surface area is 52.4 Å². The van der Waals surface area contributed by atoms with Gasteiger partial charge in [-0.3, -0.25) is 0 Å². The molecule has 1 heterocycles. The molecule has 0 spiro atoms. The van der Waals surface area contributed by atoms with Crippen molar-refractivity contribution >= 4 is 0 Å². The van der Waals surface area contributed by atoms with Crippen LogP contribution in [0.2, 0.25) is 0 Å². The fourth-order valence-corrected chi connectivity index (χ4v) is 0.847. The van der Waals surface area contributed by atoms with Gasteiger partial charge in [0.2, 0.25) is 0 Å². The van der Waals surface area contributed by atoms with Crippen molar-refractivity contribution in [1.82, 2.24) is 0 Å². The summed E-state index contributed by atoms with van der Waals surface area (Å²) >= 11 is 0. The smallest absolute Gasteiger partial charge is 0.193 e. The summed E-state index contributed by atoms with van der Waals surface area (Å²) in [5.41, 5.74) is 0. The minimum absolute atomic E-state index is 0.00116. The van der Waals surface area contributed by atoms with Crippen LogP contribution in [-0.4, -0.2) is 12.9 Å². The number of allylic oxidation sites excluding steroid dienone is 2. The van der Waals surface area contributed by atoms with Gasteiger partial charge in [-0.15, -0.1) is 0 Å². The van der Waals surface area contributed by atoms with Crippen molar-refractivity contribution in [3.05, 3.63) is 24.0 Å². The lowest BCUT2D eigenvalue weighted by atomic mass is 10.3. The second-order valence-electron chi connectivity index (χ2n) is 1.86. The molecule has 0 saturated carbocycles. The quantitative estimate of drug-likeness (QED) is 0.448. The van der Waals surface area contributed by atoms with Gasteiger partial charge in [-0.2, -0.15) is 4.89 Å². The van der Waals surface area contributed by atoms with Crippen LogP contribution >= 0.6 is 0 Å². The fourth-order valence-electron chi connectivity index (χ4n) is 0.847. The highest BCUT2D eigenvalue weighted by molar-refractivity contribution is 5.24. The van der Waals surface area contributed by atoms with Gasteiger partial charge >= 0.3 is 0 Å². The highest BCUT2D eigenvalue weighted by atomic mass is 17.2. The van der Waals surface area contributed by atoms with E-state index in [1.807, 2.05) is 18.2 Å². The summed E-state index contributed by atoms with van der Waals surface area (Å²) in [5.74, 6) is 0.737. The van der Waals surface area contributed by atoms with Gasteiger partial charge < -0.3 is 9.62 Å². The molecule has 48 valence electrons. The van der Waals surface area contributed by atoms with E-state index in [1.165, 1.54) is 0 Å². The van der Waals surface area contributed by atoms with Crippen molar-refractivity contribution in [2.24, 2.45) is 0 Å². The second-order valence-corrected chi connectivity index (χ2v) is 1.86. The van der Waals surface area contributed by atoms with Gasteiger partial charge in [-0.1, -0.05) is 6.08 Å². The molecule has 0 aromatic rings. The van der Waals surface area contributed by atoms with Crippen LogP contribution in [-0.2, 0) is 14.5 Å². The van der Waals surface area contributed by atoms with Crippen LogP contribution in [0.15, 0.2) is 24.0 Å². The molecule has 0 amide bonds. The summed E-state index contributed by atoms with van der Waals surface area (Å²) in [6.45, 7) is 0.215. The van der Waals surface area contributed by atoms with E-state index in [0.29, 0.717) is 0 Å². The number of fused-ring (bicyclic) bond motifs is 1. The van der Waals surface area contributed by atoms with Crippen molar-refractivity contribution in [3.63, 3.8) is 0 Å². The Hall–Kier alpha value is -0.800. The second kappa shape index (κ2) is 1.86. The van der Waals surface area contributed by atoms with Gasteiger partial charge in [-0.25, -0.2) is 0 Å². The van der Waals surface area contributed by atoms with Crippen LogP contribution in [0.25, 0.3) is 0 Å². The molecule has 1 unspecified atom stereocenters. The van der Waals surface area contributed by atoms with Gasteiger partial charge in [0.05, 0.1) is 0 Å². The molecular weight excluding hydrogens is 120 g/mol. The Bertz CT molecular complexity index is 171. The lowest BCUT2D eigenvalue weighted by Crippen LogP contribution is -2.21. The van der Waals surface area contributed by atoms with E-state index in [9.17, 15) is 0 Å². The minimum Gasteiger partial charge on any atom is -0.336 e. The van der Waals surface area contributed by atoms with Crippen LogP contribution in [0.4, 0.5) is 0 Å². The van der Waals surface area contributed by atoms with E-state index >= 15 is 0 Å². The van der Waals surface area contributed by atoms with Gasteiger partial charge in [-0.05, 0) is 12.2 Å². The molecule has 1 aliphatic heterocycles. The Morgan fingerprint density at radius 2 is 2.56 bits per heavy atom. The lowest BCUT2D eigenvalue weighted by molar-refractivity contribution is -0.352. The Kier molecular flexibility index (Phi) is 1.04. The molecular formula is C6H6O3. The molecule has 2 aliphatic rings. The summed E-state index contributed by atoms with van der Waals surface area (Å²) in [4.78, 5) is 9.33. The summed E-state index contributed by atoms with van der Waals surface area (Å²) in [7, 11) is 0. The SMILES string of the molecule is C1=CC2OCOOC2=C1. The normalized spacial score (nSPS) is 31.1. The third kappa shape index (κ3) is 0.742. The molecule has 0 radical (unpaired) electrons. The summed E-state index contributed by atoms with van der Waals surface area (Å²) in [6.07, 6.45) is 5.62. The zero-order chi connectivity index (χ0) is 6.10. The molecule has 9 heavy (non-hydrogen) atoms. The zero-order valence-corrected chi connectivity index (χ0v) is 4.74. The van der Waals surface area contributed by atoms with Crippen molar-refractivity contribution in [2.45, 2.75) is 6.10 Å². The number of rotatable bonds is 0. The third-order valence-electron chi connectivity index (χ3n) is 1.28. The number of hydrogen-bond acceptors (Lipinski definition) is 3. The molecule has 0 bridgehead atoms. The molecule has 1 saturated heterocycles. The molecule has 2 rings (SSSR count). The monoisotopic (exact) mass is 126 g/mol. The van der Waals surface area contributed by atoms with E-state index in [4.69, 9.17) is 9.62 Å². The maximum Gasteiger partial charge on any atom is 0.193 e. The van der Waals surface area contributed by atoms with Crippen LogP contribution in [0.3, 0.4) is 0 Å². The fraction of sp³-hybridized carbons (Fsp3) is 0.333. The molecule has 1 atom stereocenters. The van der Waals surface area contributed by atoms with Crippen molar-refractivity contribution in [1.29, 1.82) is 0 Å². The zero-order valence-electron chi connectivity index (χ0n) is 4.74. The topological polar surface area (TPSA) is 27.7 Å². The first-order valence-electron chi connectivity index (χ1n) is 2.76. The predicted octanol–water partition coefficient (Wildman–Crippen LogP) is 0.745. The molecule has 3 heteroatoms. The molecule has 0 aromatic carbocycles. The molecule has 3 nitrogen and oxygen atoms in total. The Morgan fingerprint density at radius 1 is 1.56 bits per heavy atom. The van der Waals surface area contributed by atoms with Crippen LogP contribution in [0.5, 0.6) is 0 Å². The van der Waals surface area contributed by atoms with Gasteiger partial charge in [0, 0.05) is 0 Å². The van der Waals surface area contributed by atoms with Crippen LogP contribution in [0, 0.1) is 0 Å². The van der Waals surface area contributed by atoms with Crippen molar-refractivity contribution < 1.29 is 14.5 Å². The Balaban J connectivity index is 2.16. The third-order valence-corrected chi connectivity index (χ3v) is 1.28. The van der Waals surface area contributed by atoms with Gasteiger partial charge in [0.25, 0.3) is 0 Å². The van der Waals surface area contributed by atoms with Gasteiger partial charge in [0.1, 0.15) is 6.10 Å². The first kappa shape index (κ1) is 5.02. The largest absolute Gasteiger partial charge is 0.336 e. The average molecular weight is 126 g/mol. The van der Waals surface area contributed by atoms with Crippen molar-refractivity contribution in [3.8, 4) is 0 Å². The van der Waals surface area contributed by atoms with E-state index in [-0.39, 0.29) is 12.9 Å². The molecule has 0 aromatic heterocycles. The summed E-state index contributed by atoms with van der Waals surface area (Å²) in [5, 5.41) is 0. The predicted molar refractivity (Wildman–Crippen MR) is 29.1 cm³/mol. The van der Waals surface area contributed by atoms with Crippen LogP contribution < -0.4 is 0 Å². The van der Waals surface area contributed by atoms with Crippen LogP contribution in [0.1, 0.15) is 0 Å². The minimum atomic E-state index is -0.00116. The maximum absolute atomic E-state index is 5.10. The number of hydrogen-bond donors (Lipinski definition) is 0. The lowest BCUT2D eigenvalue weighted by Gasteiger charge is -2.19. The number of ether oxygens (including phenoxy) is 1. The van der Waals surface area contributed by atoms with Gasteiger partial charge in [0.15, 0.2) is 12.6 Å². The van der Waals surface area contributed by atoms with E-state index < -0.39 is 0 Å². The first-order chi connectivity index (χ1) is 4.47. The summed E-state index contributed by atoms with van der Waals surface area (Å²) in [6, 6.07) is 0. The Morgan fingerprint density at radius 3 is 3.44 bits per heavy atom. The standard InChI is InChI=1S/C6H6O3/c1-2-5-6(3-1)9-8-4-7-5/h1-3,5H,4H2. The molecule has 1 aliphatic carbocycles. The van der Waals surface area contributed by atoms with Crippen molar-refractivity contribution in [2.75, 3.05) is 6.79 Å². The molecule has 1 fully saturated rings. The summed E-state index contributed by atoms with van der Waals surface area (Å²) < 4.78 is 5.10. The molecule has 0 N–H and O–H groups in total. The van der Waals surface area contributed by atoms with E-state index in [2.05, 4.69) is 4.89 Å². The average Bonchev–Trinajstić information content (AvgIpc) is 2.33. The highest BCUT2D eigenvalue weighted by Crippen LogP contribution is 2.20.